The van der Waals surface area contributed by atoms with Crippen molar-refractivity contribution in [1.82, 2.24) is 10.2 Å². The molecule has 0 radical (unpaired) electrons. The highest BCUT2D eigenvalue weighted by molar-refractivity contribution is 5.81. The molecule has 4 heteroatoms. The summed E-state index contributed by atoms with van der Waals surface area (Å²) in [6, 6.07) is 8.83. The molecule has 0 spiro atoms. The zero-order valence-electron chi connectivity index (χ0n) is 16.0. The fourth-order valence-electron chi connectivity index (χ4n) is 3.70. The van der Waals surface area contributed by atoms with Gasteiger partial charge in [-0.05, 0) is 63.4 Å². The molecule has 1 aliphatic heterocycles. The lowest BCUT2D eigenvalue weighted by atomic mass is 9.90. The molecule has 142 valence electrons. The molecule has 1 aliphatic carbocycles. The Morgan fingerprint density at radius 3 is 2.42 bits per heavy atom. The van der Waals surface area contributed by atoms with Gasteiger partial charge in [-0.15, -0.1) is 0 Å². The molecule has 0 aromatic heterocycles. The van der Waals surface area contributed by atoms with Crippen LogP contribution in [0.4, 0.5) is 0 Å². The Morgan fingerprint density at radius 1 is 1.08 bits per heavy atom. The molecule has 4 nitrogen and oxygen atoms in total. The number of amides is 2. The van der Waals surface area contributed by atoms with Crippen LogP contribution in [0.1, 0.15) is 56.1 Å². The molecule has 3 rings (SSSR count). The summed E-state index contributed by atoms with van der Waals surface area (Å²) >= 11 is 0. The number of nitrogens with one attached hydrogen (secondary N) is 1. The van der Waals surface area contributed by atoms with Gasteiger partial charge in [0, 0.05) is 32.0 Å². The fourth-order valence-corrected chi connectivity index (χ4v) is 3.70. The van der Waals surface area contributed by atoms with Crippen LogP contribution in [-0.2, 0) is 16.0 Å². The lowest BCUT2D eigenvalue weighted by molar-refractivity contribution is -0.133. The quantitative estimate of drug-likeness (QED) is 0.725. The summed E-state index contributed by atoms with van der Waals surface area (Å²) in [4.78, 5) is 25.9. The van der Waals surface area contributed by atoms with Crippen molar-refractivity contribution in [3.05, 3.63) is 35.4 Å². The number of likely N-dealkylation sites (tertiary alicyclic amines) is 1. The lowest BCUT2D eigenvalue weighted by Gasteiger charge is -2.32. The molecule has 0 unspecified atom stereocenters. The predicted molar refractivity (Wildman–Crippen MR) is 104 cm³/mol. The Labute approximate surface area is 157 Å². The molecule has 0 bridgehead atoms. The van der Waals surface area contributed by atoms with Crippen molar-refractivity contribution < 1.29 is 9.59 Å². The van der Waals surface area contributed by atoms with Crippen LogP contribution in [0.3, 0.4) is 0 Å². The van der Waals surface area contributed by atoms with Gasteiger partial charge >= 0.3 is 0 Å². The third-order valence-corrected chi connectivity index (χ3v) is 5.74. The molecule has 26 heavy (non-hydrogen) atoms. The number of carbonyl (C=O) groups is 2. The predicted octanol–water partition coefficient (Wildman–Crippen LogP) is 3.47. The van der Waals surface area contributed by atoms with Crippen LogP contribution in [0.15, 0.2) is 24.3 Å². The number of hydrogen-bond donors (Lipinski definition) is 1. The van der Waals surface area contributed by atoms with E-state index in [-0.39, 0.29) is 17.7 Å². The van der Waals surface area contributed by atoms with Crippen molar-refractivity contribution in [2.24, 2.45) is 11.8 Å². The largest absolute Gasteiger partial charge is 0.356 e. The van der Waals surface area contributed by atoms with Crippen molar-refractivity contribution in [2.75, 3.05) is 19.6 Å². The lowest BCUT2D eigenvalue weighted by Crippen LogP contribution is -2.38. The first kappa shape index (κ1) is 18.9. The monoisotopic (exact) mass is 356 g/mol. The SMILES string of the molecule is Cc1ccc(CCC2CCN(C(=O)CCCNC(=O)C3CC3)CC2)cc1. The number of piperidine rings is 1. The van der Waals surface area contributed by atoms with Crippen molar-refractivity contribution in [2.45, 2.75) is 58.3 Å². The van der Waals surface area contributed by atoms with Crippen LogP contribution in [-0.4, -0.2) is 36.3 Å². The molecule has 2 aliphatic rings. The van der Waals surface area contributed by atoms with E-state index in [0.717, 1.165) is 57.5 Å². The summed E-state index contributed by atoms with van der Waals surface area (Å²) < 4.78 is 0. The van der Waals surface area contributed by atoms with Crippen LogP contribution in [0, 0.1) is 18.8 Å². The minimum absolute atomic E-state index is 0.173. The molecule has 0 atom stereocenters. The maximum atomic E-state index is 12.3. The van der Waals surface area contributed by atoms with E-state index >= 15 is 0 Å². The number of nitrogens with zero attached hydrogens (tertiary/aromatic N) is 1. The highest BCUT2D eigenvalue weighted by Crippen LogP contribution is 2.28. The second kappa shape index (κ2) is 9.20. The van der Waals surface area contributed by atoms with Crippen molar-refractivity contribution in [1.29, 1.82) is 0 Å². The van der Waals surface area contributed by atoms with Gasteiger partial charge in [-0.2, -0.15) is 0 Å². The minimum Gasteiger partial charge on any atom is -0.356 e. The van der Waals surface area contributed by atoms with Crippen LogP contribution in [0.2, 0.25) is 0 Å². The molecule has 1 saturated carbocycles. The van der Waals surface area contributed by atoms with Crippen LogP contribution < -0.4 is 5.32 Å². The Balaban J connectivity index is 1.28. The molecule has 1 saturated heterocycles. The topological polar surface area (TPSA) is 49.4 Å². The summed E-state index contributed by atoms with van der Waals surface area (Å²) in [7, 11) is 0. The van der Waals surface area contributed by atoms with Gasteiger partial charge in [0.25, 0.3) is 0 Å². The van der Waals surface area contributed by atoms with Crippen molar-refractivity contribution >= 4 is 11.8 Å². The Morgan fingerprint density at radius 2 is 1.77 bits per heavy atom. The van der Waals surface area contributed by atoms with Gasteiger partial charge in [0.15, 0.2) is 0 Å². The van der Waals surface area contributed by atoms with Crippen LogP contribution in [0.5, 0.6) is 0 Å². The average molecular weight is 357 g/mol. The Bertz CT molecular complexity index is 599. The highest BCUT2D eigenvalue weighted by atomic mass is 16.2. The first-order chi connectivity index (χ1) is 12.6. The summed E-state index contributed by atoms with van der Waals surface area (Å²) in [5.41, 5.74) is 2.73. The van der Waals surface area contributed by atoms with E-state index in [4.69, 9.17) is 0 Å². The minimum atomic E-state index is 0.173. The fraction of sp³-hybridized carbons (Fsp3) is 0.636. The van der Waals surface area contributed by atoms with E-state index < -0.39 is 0 Å². The van der Waals surface area contributed by atoms with Crippen LogP contribution >= 0.6 is 0 Å². The third kappa shape index (κ3) is 5.86. The number of carbonyl (C=O) groups excluding carboxylic acids is 2. The summed E-state index contributed by atoms with van der Waals surface area (Å²) in [6.45, 7) is 4.54. The summed E-state index contributed by atoms with van der Waals surface area (Å²) in [5, 5.41) is 2.94. The number of aryl methyl sites for hydroxylation is 2. The molecule has 2 amide bonds. The molecular weight excluding hydrogens is 324 g/mol. The van der Waals surface area contributed by atoms with E-state index in [1.165, 1.54) is 17.5 Å². The number of rotatable bonds is 8. The van der Waals surface area contributed by atoms with Gasteiger partial charge in [-0.1, -0.05) is 29.8 Å². The zero-order chi connectivity index (χ0) is 18.4. The third-order valence-electron chi connectivity index (χ3n) is 5.74. The van der Waals surface area contributed by atoms with E-state index in [0.29, 0.717) is 13.0 Å². The molecule has 1 heterocycles. The Hall–Kier alpha value is -1.84. The standard InChI is InChI=1S/C22H32N2O2/c1-17-4-6-18(7-5-17)8-9-19-12-15-24(16-13-19)21(25)3-2-14-23-22(26)20-10-11-20/h4-7,19-20H,2-3,8-16H2,1H3,(H,23,26). The first-order valence-corrected chi connectivity index (χ1v) is 10.2. The van der Waals surface area contributed by atoms with Gasteiger partial charge in [-0.25, -0.2) is 0 Å². The van der Waals surface area contributed by atoms with Gasteiger partial charge in [-0.3, -0.25) is 9.59 Å². The summed E-state index contributed by atoms with van der Waals surface area (Å²) in [6.07, 6.45) is 7.97. The molecule has 1 aromatic carbocycles. The van der Waals surface area contributed by atoms with Gasteiger partial charge in [0.2, 0.25) is 11.8 Å². The maximum Gasteiger partial charge on any atom is 0.223 e. The summed E-state index contributed by atoms with van der Waals surface area (Å²) in [5.74, 6) is 1.41. The Kier molecular flexibility index (Phi) is 6.70. The van der Waals surface area contributed by atoms with Crippen LogP contribution in [0.25, 0.3) is 0 Å². The van der Waals surface area contributed by atoms with E-state index in [2.05, 4.69) is 36.5 Å². The van der Waals surface area contributed by atoms with Gasteiger partial charge in [0.05, 0.1) is 0 Å². The highest BCUT2D eigenvalue weighted by Gasteiger charge is 2.29. The van der Waals surface area contributed by atoms with Crippen molar-refractivity contribution in [3.8, 4) is 0 Å². The van der Waals surface area contributed by atoms with E-state index in [1.807, 2.05) is 4.90 Å². The van der Waals surface area contributed by atoms with Gasteiger partial charge in [0.1, 0.15) is 0 Å². The smallest absolute Gasteiger partial charge is 0.223 e. The molecule has 2 fully saturated rings. The second-order valence-corrected chi connectivity index (χ2v) is 8.02. The molecule has 1 aromatic rings. The van der Waals surface area contributed by atoms with E-state index in [9.17, 15) is 9.59 Å². The van der Waals surface area contributed by atoms with E-state index in [1.54, 1.807) is 0 Å². The first-order valence-electron chi connectivity index (χ1n) is 10.2. The normalized spacial score (nSPS) is 18.0. The average Bonchev–Trinajstić information content (AvgIpc) is 3.50. The van der Waals surface area contributed by atoms with Crippen molar-refractivity contribution in [3.63, 3.8) is 0 Å². The number of benzene rings is 1. The molecular formula is C22H32N2O2. The zero-order valence-corrected chi connectivity index (χ0v) is 16.0. The number of hydrogen-bond acceptors (Lipinski definition) is 2. The van der Waals surface area contributed by atoms with Gasteiger partial charge < -0.3 is 10.2 Å². The molecule has 1 N–H and O–H groups in total. The second-order valence-electron chi connectivity index (χ2n) is 8.02. The maximum absolute atomic E-state index is 12.3.